The van der Waals surface area contributed by atoms with E-state index in [0.29, 0.717) is 18.2 Å². The van der Waals surface area contributed by atoms with Gasteiger partial charge in [0.2, 0.25) is 5.91 Å². The second-order valence-electron chi connectivity index (χ2n) is 6.46. The van der Waals surface area contributed by atoms with Gasteiger partial charge >= 0.3 is 0 Å². The van der Waals surface area contributed by atoms with E-state index in [1.54, 1.807) is 24.3 Å². The summed E-state index contributed by atoms with van der Waals surface area (Å²) in [6.07, 6.45) is 3.25. The van der Waals surface area contributed by atoms with Crippen LogP contribution in [0.2, 0.25) is 0 Å². The predicted molar refractivity (Wildman–Crippen MR) is 96.3 cm³/mol. The van der Waals surface area contributed by atoms with E-state index in [0.717, 1.165) is 42.9 Å². The van der Waals surface area contributed by atoms with Gasteiger partial charge in [-0.25, -0.2) is 9.97 Å². The third-order valence-electron chi connectivity index (χ3n) is 4.42. The fourth-order valence-electron chi connectivity index (χ4n) is 3.29. The number of hydrogen-bond acceptors (Lipinski definition) is 5. The Morgan fingerprint density at radius 1 is 1.40 bits per heavy atom. The van der Waals surface area contributed by atoms with Crippen LogP contribution in [0.25, 0.3) is 0 Å². The van der Waals surface area contributed by atoms with Crippen LogP contribution in [-0.4, -0.2) is 39.8 Å². The third kappa shape index (κ3) is 4.63. The highest BCUT2D eigenvalue weighted by molar-refractivity contribution is 7.10. The lowest BCUT2D eigenvalue weighted by molar-refractivity contribution is -0.132. The second kappa shape index (κ2) is 7.74. The van der Waals surface area contributed by atoms with Crippen molar-refractivity contribution in [2.75, 3.05) is 13.1 Å². The number of primary amides is 1. The zero-order valence-corrected chi connectivity index (χ0v) is 15.1. The predicted octanol–water partition coefficient (Wildman–Crippen LogP) is 1.97. The first-order chi connectivity index (χ1) is 12.0. The number of aromatic nitrogens is 2. The average Bonchev–Trinajstić information content (AvgIpc) is 3.07. The molecule has 132 valence electrons. The number of nitrogens with two attached hydrogens (primary N) is 1. The number of aryl methyl sites for hydroxylation is 1. The van der Waals surface area contributed by atoms with Crippen LogP contribution in [0.1, 0.15) is 39.7 Å². The Morgan fingerprint density at radius 2 is 2.24 bits per heavy atom. The van der Waals surface area contributed by atoms with E-state index >= 15 is 0 Å². The Morgan fingerprint density at radius 3 is 2.96 bits per heavy atom. The lowest BCUT2D eigenvalue weighted by Gasteiger charge is -2.32. The quantitative estimate of drug-likeness (QED) is 0.885. The molecule has 6 nitrogen and oxygen atoms in total. The summed E-state index contributed by atoms with van der Waals surface area (Å²) in [4.78, 5) is 35.4. The summed E-state index contributed by atoms with van der Waals surface area (Å²) >= 11 is 1.62. The normalized spacial score (nSPS) is 17.5. The van der Waals surface area contributed by atoms with Gasteiger partial charge in [0.25, 0.3) is 5.91 Å². The van der Waals surface area contributed by atoms with Crippen molar-refractivity contribution in [3.63, 3.8) is 0 Å². The van der Waals surface area contributed by atoms with Crippen LogP contribution in [0.15, 0.2) is 23.6 Å². The summed E-state index contributed by atoms with van der Waals surface area (Å²) in [5.41, 5.74) is 6.40. The van der Waals surface area contributed by atoms with Crippen molar-refractivity contribution < 1.29 is 9.59 Å². The molecule has 25 heavy (non-hydrogen) atoms. The fourth-order valence-corrected chi connectivity index (χ4v) is 3.98. The minimum Gasteiger partial charge on any atom is -0.364 e. The Kier molecular flexibility index (Phi) is 5.43. The van der Waals surface area contributed by atoms with Crippen molar-refractivity contribution >= 4 is 23.2 Å². The Bertz CT molecular complexity index is 760. The number of nitrogens with zero attached hydrogens (tertiary/aromatic N) is 3. The van der Waals surface area contributed by atoms with Gasteiger partial charge in [-0.1, -0.05) is 6.07 Å². The maximum absolute atomic E-state index is 12.5. The van der Waals surface area contributed by atoms with Crippen molar-refractivity contribution in [2.45, 2.75) is 32.6 Å². The maximum atomic E-state index is 12.5. The molecule has 0 aliphatic carbocycles. The van der Waals surface area contributed by atoms with E-state index in [-0.39, 0.29) is 11.6 Å². The van der Waals surface area contributed by atoms with Crippen LogP contribution in [0.4, 0.5) is 0 Å². The zero-order valence-electron chi connectivity index (χ0n) is 14.3. The van der Waals surface area contributed by atoms with Crippen LogP contribution in [0, 0.1) is 12.8 Å². The van der Waals surface area contributed by atoms with E-state index in [4.69, 9.17) is 5.73 Å². The molecule has 1 atom stereocenters. The van der Waals surface area contributed by atoms with Gasteiger partial charge in [0, 0.05) is 23.7 Å². The summed E-state index contributed by atoms with van der Waals surface area (Å²) < 4.78 is 0. The molecule has 3 heterocycles. The molecule has 7 heteroatoms. The van der Waals surface area contributed by atoms with Gasteiger partial charge in [0.1, 0.15) is 11.5 Å². The lowest BCUT2D eigenvalue weighted by atomic mass is 9.93. The molecule has 3 rings (SSSR count). The van der Waals surface area contributed by atoms with E-state index < -0.39 is 5.91 Å². The minimum absolute atomic E-state index is 0.184. The van der Waals surface area contributed by atoms with Gasteiger partial charge in [0.05, 0.1) is 6.42 Å². The smallest absolute Gasteiger partial charge is 0.267 e. The Balaban J connectivity index is 1.63. The van der Waals surface area contributed by atoms with Gasteiger partial charge < -0.3 is 10.6 Å². The van der Waals surface area contributed by atoms with Crippen molar-refractivity contribution in [2.24, 2.45) is 11.7 Å². The van der Waals surface area contributed by atoms with Gasteiger partial charge in [-0.2, -0.15) is 0 Å². The Hall–Kier alpha value is -2.28. The van der Waals surface area contributed by atoms with Crippen molar-refractivity contribution in [3.05, 3.63) is 45.7 Å². The number of piperidine rings is 1. The number of likely N-dealkylation sites (tertiary alicyclic amines) is 1. The number of carbonyl (C=O) groups excluding carboxylic acids is 2. The molecule has 0 saturated carbocycles. The highest BCUT2D eigenvalue weighted by atomic mass is 32.1. The molecular formula is C18H22N4O2S. The average molecular weight is 358 g/mol. The van der Waals surface area contributed by atoms with Crippen molar-refractivity contribution in [1.82, 2.24) is 14.9 Å². The third-order valence-corrected chi connectivity index (χ3v) is 5.29. The first kappa shape index (κ1) is 17.5. The topological polar surface area (TPSA) is 89.2 Å². The fraction of sp³-hybridized carbons (Fsp3) is 0.444. The molecule has 1 aliphatic heterocycles. The van der Waals surface area contributed by atoms with Gasteiger partial charge in [-0.3, -0.25) is 9.59 Å². The van der Waals surface area contributed by atoms with Crippen LogP contribution in [0.3, 0.4) is 0 Å². The monoisotopic (exact) mass is 358 g/mol. The highest BCUT2D eigenvalue weighted by Gasteiger charge is 2.24. The van der Waals surface area contributed by atoms with Gasteiger partial charge in [-0.05, 0) is 49.6 Å². The lowest BCUT2D eigenvalue weighted by Crippen LogP contribution is -2.41. The standard InChI is InChI=1S/C18H22N4O2S/c1-12-20-14(9-16(21-12)18(19)24)8-13-4-2-6-22(11-13)17(23)10-15-5-3-7-25-15/h3,5,7,9,13H,2,4,6,8,10-11H2,1H3,(H2,19,24). The van der Waals surface area contributed by atoms with Crippen LogP contribution < -0.4 is 5.73 Å². The molecule has 0 bridgehead atoms. The van der Waals surface area contributed by atoms with E-state index in [2.05, 4.69) is 9.97 Å². The SMILES string of the molecule is Cc1nc(CC2CCCN(C(=O)Cc3cccs3)C2)cc(C(N)=O)n1. The number of carbonyl (C=O) groups is 2. The second-order valence-corrected chi connectivity index (χ2v) is 7.50. The molecule has 0 spiro atoms. The molecule has 2 amide bonds. The highest BCUT2D eigenvalue weighted by Crippen LogP contribution is 2.22. The summed E-state index contributed by atoms with van der Waals surface area (Å²) in [5.74, 6) is 0.538. The van der Waals surface area contributed by atoms with Crippen molar-refractivity contribution in [3.8, 4) is 0 Å². The van der Waals surface area contributed by atoms with E-state index in [1.807, 2.05) is 22.4 Å². The molecular weight excluding hydrogens is 336 g/mol. The number of rotatable bonds is 5. The summed E-state index contributed by atoms with van der Waals surface area (Å²) in [6, 6.07) is 5.64. The first-order valence-electron chi connectivity index (χ1n) is 8.46. The molecule has 1 saturated heterocycles. The Labute approximate surface area is 151 Å². The van der Waals surface area contributed by atoms with E-state index in [9.17, 15) is 9.59 Å². The van der Waals surface area contributed by atoms with Crippen LogP contribution in [-0.2, 0) is 17.6 Å². The number of amides is 2. The van der Waals surface area contributed by atoms with Crippen molar-refractivity contribution in [1.29, 1.82) is 0 Å². The molecule has 1 unspecified atom stereocenters. The van der Waals surface area contributed by atoms with Crippen LogP contribution >= 0.6 is 11.3 Å². The minimum atomic E-state index is -0.539. The first-order valence-corrected chi connectivity index (χ1v) is 9.33. The molecule has 2 N–H and O–H groups in total. The molecule has 0 radical (unpaired) electrons. The van der Waals surface area contributed by atoms with Crippen LogP contribution in [0.5, 0.6) is 0 Å². The van der Waals surface area contributed by atoms with Gasteiger partial charge in [0.15, 0.2) is 0 Å². The summed E-state index contributed by atoms with van der Waals surface area (Å²) in [5, 5.41) is 2.00. The summed E-state index contributed by atoms with van der Waals surface area (Å²) in [6.45, 7) is 3.31. The molecule has 1 aliphatic rings. The number of hydrogen-bond donors (Lipinski definition) is 1. The molecule has 1 fully saturated rings. The zero-order chi connectivity index (χ0) is 17.8. The number of thiophene rings is 1. The van der Waals surface area contributed by atoms with E-state index in [1.165, 1.54) is 0 Å². The largest absolute Gasteiger partial charge is 0.364 e. The summed E-state index contributed by atoms with van der Waals surface area (Å²) in [7, 11) is 0. The molecule has 2 aromatic rings. The maximum Gasteiger partial charge on any atom is 0.267 e. The molecule has 2 aromatic heterocycles. The molecule has 0 aromatic carbocycles. The van der Waals surface area contributed by atoms with Gasteiger partial charge in [-0.15, -0.1) is 11.3 Å².